The van der Waals surface area contributed by atoms with Gasteiger partial charge in [-0.05, 0) is 31.2 Å². The number of carbonyl (C=O) groups is 1. The van der Waals surface area contributed by atoms with Gasteiger partial charge in [-0.3, -0.25) is 4.79 Å². The van der Waals surface area contributed by atoms with E-state index in [4.69, 9.17) is 9.47 Å². The van der Waals surface area contributed by atoms with Crippen LogP contribution < -0.4 is 15.0 Å². The summed E-state index contributed by atoms with van der Waals surface area (Å²) < 4.78 is 36.4. The molecule has 1 fully saturated rings. The molecular formula is C20H27N5O5S. The topological polar surface area (TPSA) is 114 Å². The fraction of sp³-hybridized carbons (Fsp3) is 0.450. The largest absolute Gasteiger partial charge is 0.476 e. The molecular weight excluding hydrogens is 422 g/mol. The zero-order valence-corrected chi connectivity index (χ0v) is 18.7. The molecule has 0 unspecified atom stereocenters. The second-order valence-electron chi connectivity index (χ2n) is 7.13. The lowest BCUT2D eigenvalue weighted by Crippen LogP contribution is -2.37. The zero-order chi connectivity index (χ0) is 22.4. The standard InChI is InChI=1S/C20H27N5O5S/c1-15-22-18(25-9-12-29-13-10-25)14-19(23-15)30-11-8-21-20(26)16-4-6-17(7-5-16)31(27,28)24(2)3/h4-7,14H,8-13H2,1-3H3,(H,21,26). The Morgan fingerprint density at radius 3 is 2.52 bits per heavy atom. The van der Waals surface area contributed by atoms with Crippen molar-refractivity contribution >= 4 is 21.7 Å². The van der Waals surface area contributed by atoms with E-state index in [1.165, 1.54) is 38.4 Å². The highest BCUT2D eigenvalue weighted by atomic mass is 32.2. The van der Waals surface area contributed by atoms with E-state index in [1.807, 2.05) is 0 Å². The van der Waals surface area contributed by atoms with E-state index in [0.29, 0.717) is 30.5 Å². The number of nitrogens with zero attached hydrogens (tertiary/aromatic N) is 4. The molecule has 1 aliphatic heterocycles. The van der Waals surface area contributed by atoms with E-state index < -0.39 is 10.0 Å². The molecule has 0 saturated carbocycles. The second-order valence-corrected chi connectivity index (χ2v) is 9.28. The molecule has 1 aromatic heterocycles. The van der Waals surface area contributed by atoms with Crippen molar-refractivity contribution in [1.29, 1.82) is 0 Å². The molecule has 2 aromatic rings. The normalized spacial score (nSPS) is 14.5. The Hall–Kier alpha value is -2.76. The zero-order valence-electron chi connectivity index (χ0n) is 17.9. The Bertz CT molecular complexity index is 1010. The van der Waals surface area contributed by atoms with Crippen LogP contribution in [0.4, 0.5) is 5.82 Å². The minimum absolute atomic E-state index is 0.132. The maximum atomic E-state index is 12.3. The second kappa shape index (κ2) is 10.0. The van der Waals surface area contributed by atoms with Crippen molar-refractivity contribution in [1.82, 2.24) is 19.6 Å². The number of nitrogens with one attached hydrogen (secondary N) is 1. The van der Waals surface area contributed by atoms with Crippen molar-refractivity contribution < 1.29 is 22.7 Å². The van der Waals surface area contributed by atoms with Crippen LogP contribution in [-0.4, -0.2) is 82.1 Å². The van der Waals surface area contributed by atoms with Crippen LogP contribution in [0.15, 0.2) is 35.2 Å². The van der Waals surface area contributed by atoms with E-state index in [2.05, 4.69) is 20.2 Å². The SMILES string of the molecule is Cc1nc(OCCNC(=O)c2ccc(S(=O)(=O)N(C)C)cc2)cc(N2CCOCC2)n1. The first-order valence-corrected chi connectivity index (χ1v) is 11.3. The highest BCUT2D eigenvalue weighted by molar-refractivity contribution is 7.89. The molecule has 0 spiro atoms. The molecule has 2 heterocycles. The molecule has 0 radical (unpaired) electrons. The van der Waals surface area contributed by atoms with E-state index in [-0.39, 0.29) is 24.0 Å². The van der Waals surface area contributed by atoms with E-state index in [9.17, 15) is 13.2 Å². The molecule has 1 amide bonds. The van der Waals surface area contributed by atoms with Crippen molar-refractivity contribution in [3.05, 3.63) is 41.7 Å². The lowest BCUT2D eigenvalue weighted by atomic mass is 10.2. The lowest BCUT2D eigenvalue weighted by molar-refractivity contribution is 0.0946. The molecule has 1 saturated heterocycles. The number of amides is 1. The Labute approximate surface area is 182 Å². The van der Waals surface area contributed by atoms with Gasteiger partial charge in [-0.25, -0.2) is 17.7 Å². The van der Waals surface area contributed by atoms with Crippen LogP contribution in [0.3, 0.4) is 0 Å². The number of aryl methyl sites for hydroxylation is 1. The first-order valence-electron chi connectivity index (χ1n) is 9.89. The Kier molecular flexibility index (Phi) is 7.42. The number of benzene rings is 1. The summed E-state index contributed by atoms with van der Waals surface area (Å²) in [7, 11) is -0.612. The molecule has 0 bridgehead atoms. The first kappa shape index (κ1) is 22.9. The fourth-order valence-corrected chi connectivity index (χ4v) is 3.87. The van der Waals surface area contributed by atoms with Gasteiger partial charge in [0.1, 0.15) is 18.2 Å². The van der Waals surface area contributed by atoms with Gasteiger partial charge in [0.05, 0.1) is 24.7 Å². The summed E-state index contributed by atoms with van der Waals surface area (Å²) in [5, 5.41) is 2.75. The van der Waals surface area contributed by atoms with Crippen LogP contribution >= 0.6 is 0 Å². The summed E-state index contributed by atoms with van der Waals surface area (Å²) in [6.07, 6.45) is 0. The van der Waals surface area contributed by atoms with E-state index >= 15 is 0 Å². The van der Waals surface area contributed by atoms with Gasteiger partial charge in [0.2, 0.25) is 15.9 Å². The average molecular weight is 450 g/mol. The summed E-state index contributed by atoms with van der Waals surface area (Å²) in [6.45, 7) is 5.16. The Balaban J connectivity index is 1.51. The third-order valence-corrected chi connectivity index (χ3v) is 6.50. The Morgan fingerprint density at radius 2 is 1.87 bits per heavy atom. The summed E-state index contributed by atoms with van der Waals surface area (Å²) in [4.78, 5) is 23.3. The molecule has 31 heavy (non-hydrogen) atoms. The van der Waals surface area contributed by atoms with Gasteiger partial charge < -0.3 is 19.7 Å². The number of carbonyl (C=O) groups excluding carboxylic acids is 1. The van der Waals surface area contributed by atoms with Gasteiger partial charge in [0, 0.05) is 38.8 Å². The first-order chi connectivity index (χ1) is 14.8. The fourth-order valence-electron chi connectivity index (χ4n) is 2.96. The monoisotopic (exact) mass is 449 g/mol. The summed E-state index contributed by atoms with van der Waals surface area (Å²) in [5.74, 6) is 1.53. The highest BCUT2D eigenvalue weighted by Gasteiger charge is 2.18. The van der Waals surface area contributed by atoms with Crippen LogP contribution in [0.1, 0.15) is 16.2 Å². The van der Waals surface area contributed by atoms with Crippen molar-refractivity contribution in [2.75, 3.05) is 58.5 Å². The molecule has 1 N–H and O–H groups in total. The maximum Gasteiger partial charge on any atom is 0.251 e. The molecule has 0 aliphatic carbocycles. The van der Waals surface area contributed by atoms with Crippen molar-refractivity contribution in [3.8, 4) is 5.88 Å². The van der Waals surface area contributed by atoms with Crippen LogP contribution in [-0.2, 0) is 14.8 Å². The molecule has 0 atom stereocenters. The number of morpholine rings is 1. The van der Waals surface area contributed by atoms with E-state index in [1.54, 1.807) is 13.0 Å². The van der Waals surface area contributed by atoms with Gasteiger partial charge in [0.15, 0.2) is 0 Å². The van der Waals surface area contributed by atoms with Crippen LogP contribution in [0, 0.1) is 6.92 Å². The maximum absolute atomic E-state index is 12.3. The van der Waals surface area contributed by atoms with Crippen LogP contribution in [0.2, 0.25) is 0 Å². The number of hydrogen-bond donors (Lipinski definition) is 1. The molecule has 1 aromatic carbocycles. The van der Waals surface area contributed by atoms with Gasteiger partial charge >= 0.3 is 0 Å². The minimum Gasteiger partial charge on any atom is -0.476 e. The average Bonchev–Trinajstić information content (AvgIpc) is 2.77. The molecule has 168 valence electrons. The van der Waals surface area contributed by atoms with Gasteiger partial charge in [-0.2, -0.15) is 4.98 Å². The molecule has 10 nitrogen and oxygen atoms in total. The van der Waals surface area contributed by atoms with Crippen molar-refractivity contribution in [2.24, 2.45) is 0 Å². The number of anilines is 1. The number of sulfonamides is 1. The Morgan fingerprint density at radius 1 is 1.19 bits per heavy atom. The van der Waals surface area contributed by atoms with Crippen LogP contribution in [0.5, 0.6) is 5.88 Å². The third kappa shape index (κ3) is 5.90. The lowest BCUT2D eigenvalue weighted by Gasteiger charge is -2.28. The summed E-state index contributed by atoms with van der Waals surface area (Å²) in [6, 6.07) is 7.57. The van der Waals surface area contributed by atoms with Gasteiger partial charge in [-0.15, -0.1) is 0 Å². The van der Waals surface area contributed by atoms with Crippen molar-refractivity contribution in [2.45, 2.75) is 11.8 Å². The molecule has 11 heteroatoms. The summed E-state index contributed by atoms with van der Waals surface area (Å²) in [5.41, 5.74) is 0.366. The van der Waals surface area contributed by atoms with Crippen LogP contribution in [0.25, 0.3) is 0 Å². The predicted octanol–water partition coefficient (Wildman–Crippen LogP) is 0.681. The number of rotatable bonds is 8. The smallest absolute Gasteiger partial charge is 0.251 e. The quantitative estimate of drug-likeness (QED) is 0.586. The number of ether oxygens (including phenoxy) is 2. The summed E-state index contributed by atoms with van der Waals surface area (Å²) >= 11 is 0. The third-order valence-electron chi connectivity index (χ3n) is 4.67. The van der Waals surface area contributed by atoms with Crippen molar-refractivity contribution in [3.63, 3.8) is 0 Å². The number of hydrogen-bond acceptors (Lipinski definition) is 8. The minimum atomic E-state index is -3.53. The molecule has 1 aliphatic rings. The van der Waals surface area contributed by atoms with Gasteiger partial charge in [-0.1, -0.05) is 0 Å². The van der Waals surface area contributed by atoms with Gasteiger partial charge in [0.25, 0.3) is 5.91 Å². The number of aromatic nitrogens is 2. The molecule has 3 rings (SSSR count). The predicted molar refractivity (Wildman–Crippen MR) is 115 cm³/mol. The highest BCUT2D eigenvalue weighted by Crippen LogP contribution is 2.18. The van der Waals surface area contributed by atoms with E-state index in [0.717, 1.165) is 23.2 Å².